The summed E-state index contributed by atoms with van der Waals surface area (Å²) in [6.07, 6.45) is -0.573. The van der Waals surface area contributed by atoms with Gasteiger partial charge in [-0.15, -0.1) is 0 Å². The lowest BCUT2D eigenvalue weighted by molar-refractivity contribution is -0.150. The van der Waals surface area contributed by atoms with E-state index in [1.54, 1.807) is 0 Å². The van der Waals surface area contributed by atoms with Crippen LogP contribution in [0.1, 0.15) is 16.8 Å². The molecule has 11 nitrogen and oxygen atoms in total. The van der Waals surface area contributed by atoms with E-state index in [1.165, 1.54) is 50.5 Å². The van der Waals surface area contributed by atoms with Gasteiger partial charge in [0.1, 0.15) is 6.04 Å². The van der Waals surface area contributed by atoms with Gasteiger partial charge in [0.05, 0.1) is 22.0 Å². The Morgan fingerprint density at radius 1 is 1.06 bits per heavy atom. The zero-order chi connectivity index (χ0) is 26.3. The number of nitrogens with one attached hydrogen (secondary N) is 2. The van der Waals surface area contributed by atoms with Crippen LogP contribution in [0.5, 0.6) is 0 Å². The number of carbonyl (C=O) groups is 4. The van der Waals surface area contributed by atoms with Crippen molar-refractivity contribution in [2.45, 2.75) is 17.4 Å². The van der Waals surface area contributed by atoms with Crippen molar-refractivity contribution in [1.29, 1.82) is 0 Å². The fourth-order valence-corrected chi connectivity index (χ4v) is 3.85. The standard InChI is InChI=1S/C21H22Cl2N4O7S/c1-27(2)35(32,33)14-7-8-15(23)16(9-14)25-19(29)11-34-21(31)17(10-18(24)28)26-20(30)12-3-5-13(22)6-4-12/h3-9,17H,10-11H2,1-2H3,(H2,24,28)(H,25,29)(H,26,30). The first-order valence-corrected chi connectivity index (χ1v) is 12.0. The summed E-state index contributed by atoms with van der Waals surface area (Å²) in [5.41, 5.74) is 5.28. The van der Waals surface area contributed by atoms with Gasteiger partial charge in [-0.05, 0) is 42.5 Å². The minimum absolute atomic E-state index is 0.0274. The van der Waals surface area contributed by atoms with E-state index in [0.717, 1.165) is 10.4 Å². The Morgan fingerprint density at radius 3 is 2.26 bits per heavy atom. The van der Waals surface area contributed by atoms with Crippen LogP contribution in [0, 0.1) is 0 Å². The second-order valence-corrected chi connectivity index (χ2v) is 10.3. The van der Waals surface area contributed by atoms with E-state index in [9.17, 15) is 27.6 Å². The number of halogens is 2. The maximum absolute atomic E-state index is 12.4. The number of nitrogens with zero attached hydrogens (tertiary/aromatic N) is 1. The SMILES string of the molecule is CN(C)S(=O)(=O)c1ccc(Cl)c(NC(=O)COC(=O)C(CC(N)=O)NC(=O)c2ccc(Cl)cc2)c1. The molecule has 0 aliphatic carbocycles. The van der Waals surface area contributed by atoms with Gasteiger partial charge in [-0.1, -0.05) is 23.2 Å². The molecule has 0 aliphatic heterocycles. The van der Waals surface area contributed by atoms with Crippen molar-refractivity contribution in [1.82, 2.24) is 9.62 Å². The molecule has 4 N–H and O–H groups in total. The quantitative estimate of drug-likeness (QED) is 0.380. The van der Waals surface area contributed by atoms with E-state index in [1.807, 2.05) is 0 Å². The minimum Gasteiger partial charge on any atom is -0.454 e. The molecule has 2 aromatic carbocycles. The maximum Gasteiger partial charge on any atom is 0.329 e. The maximum atomic E-state index is 12.4. The Labute approximate surface area is 211 Å². The molecule has 2 aromatic rings. The Hall–Kier alpha value is -3.19. The normalized spacial score (nSPS) is 12.0. The van der Waals surface area contributed by atoms with Crippen molar-refractivity contribution in [2.24, 2.45) is 5.73 Å². The number of sulfonamides is 1. The fourth-order valence-electron chi connectivity index (χ4n) is 2.63. The lowest BCUT2D eigenvalue weighted by atomic mass is 10.1. The smallest absolute Gasteiger partial charge is 0.329 e. The summed E-state index contributed by atoms with van der Waals surface area (Å²) >= 11 is 11.8. The van der Waals surface area contributed by atoms with Crippen LogP contribution in [0.2, 0.25) is 10.0 Å². The molecule has 2 rings (SSSR count). The van der Waals surface area contributed by atoms with E-state index in [0.29, 0.717) is 5.02 Å². The molecule has 35 heavy (non-hydrogen) atoms. The molecule has 0 saturated heterocycles. The van der Waals surface area contributed by atoms with Crippen LogP contribution in [-0.2, 0) is 29.1 Å². The number of anilines is 1. The van der Waals surface area contributed by atoms with Crippen molar-refractivity contribution in [2.75, 3.05) is 26.0 Å². The first-order chi connectivity index (χ1) is 16.3. The highest BCUT2D eigenvalue weighted by Crippen LogP contribution is 2.26. The molecule has 0 radical (unpaired) electrons. The predicted molar refractivity (Wildman–Crippen MR) is 128 cm³/mol. The molecule has 188 valence electrons. The Bertz CT molecular complexity index is 1230. The number of rotatable bonds is 10. The minimum atomic E-state index is -3.79. The third-order valence-corrected chi connectivity index (χ3v) is 6.83. The molecular weight excluding hydrogens is 523 g/mol. The largest absolute Gasteiger partial charge is 0.454 e. The van der Waals surface area contributed by atoms with Gasteiger partial charge in [0.15, 0.2) is 6.61 Å². The molecule has 0 bridgehead atoms. The van der Waals surface area contributed by atoms with Gasteiger partial charge in [-0.3, -0.25) is 14.4 Å². The number of nitrogens with two attached hydrogens (primary N) is 1. The molecule has 1 atom stereocenters. The summed E-state index contributed by atoms with van der Waals surface area (Å²) in [7, 11) is -1.10. The van der Waals surface area contributed by atoms with E-state index < -0.39 is 52.8 Å². The lowest BCUT2D eigenvalue weighted by Crippen LogP contribution is -2.44. The van der Waals surface area contributed by atoms with Crippen LogP contribution in [0.4, 0.5) is 5.69 Å². The predicted octanol–water partition coefficient (Wildman–Crippen LogP) is 1.40. The van der Waals surface area contributed by atoms with Crippen LogP contribution in [0.3, 0.4) is 0 Å². The van der Waals surface area contributed by atoms with Crippen LogP contribution in [0.15, 0.2) is 47.4 Å². The van der Waals surface area contributed by atoms with Crippen LogP contribution >= 0.6 is 23.2 Å². The third kappa shape index (κ3) is 7.92. The summed E-state index contributed by atoms with van der Waals surface area (Å²) < 4.78 is 30.5. The van der Waals surface area contributed by atoms with Crippen molar-refractivity contribution < 1.29 is 32.3 Å². The van der Waals surface area contributed by atoms with Crippen LogP contribution < -0.4 is 16.4 Å². The molecule has 3 amide bonds. The number of carbonyl (C=O) groups excluding carboxylic acids is 4. The molecule has 0 spiro atoms. The second kappa shape index (κ2) is 12.0. The lowest BCUT2D eigenvalue weighted by Gasteiger charge is -2.17. The Balaban J connectivity index is 2.06. The Kier molecular flexibility index (Phi) is 9.60. The van der Waals surface area contributed by atoms with Crippen LogP contribution in [0.25, 0.3) is 0 Å². The van der Waals surface area contributed by atoms with E-state index in [-0.39, 0.29) is 21.2 Å². The first-order valence-electron chi connectivity index (χ1n) is 9.84. The molecule has 0 fully saturated rings. The molecular formula is C21H22Cl2N4O7S. The number of primary amides is 1. The van der Waals surface area contributed by atoms with Gasteiger partial charge in [0, 0.05) is 24.7 Å². The number of benzene rings is 2. The van der Waals surface area contributed by atoms with Crippen LogP contribution in [-0.4, -0.2) is 63.2 Å². The average molecular weight is 545 g/mol. The molecule has 1 unspecified atom stereocenters. The van der Waals surface area contributed by atoms with Gasteiger partial charge in [-0.25, -0.2) is 17.5 Å². The highest BCUT2D eigenvalue weighted by Gasteiger charge is 2.26. The van der Waals surface area contributed by atoms with Crippen molar-refractivity contribution in [3.05, 3.63) is 58.1 Å². The number of hydrogen-bond donors (Lipinski definition) is 3. The topological polar surface area (TPSA) is 165 Å². The first kappa shape index (κ1) is 28.1. The monoisotopic (exact) mass is 544 g/mol. The third-order valence-electron chi connectivity index (χ3n) is 4.44. The summed E-state index contributed by atoms with van der Waals surface area (Å²) in [5, 5.41) is 5.11. The summed E-state index contributed by atoms with van der Waals surface area (Å²) in [5.74, 6) is -3.52. The zero-order valence-electron chi connectivity index (χ0n) is 18.6. The molecule has 0 heterocycles. The molecule has 0 aliphatic rings. The van der Waals surface area contributed by atoms with E-state index in [4.69, 9.17) is 33.7 Å². The second-order valence-electron chi connectivity index (χ2n) is 7.29. The number of hydrogen-bond acceptors (Lipinski definition) is 7. The number of esters is 1. The van der Waals surface area contributed by atoms with Gasteiger partial charge in [0.2, 0.25) is 15.9 Å². The molecule has 0 saturated carbocycles. The Morgan fingerprint density at radius 2 is 1.69 bits per heavy atom. The van der Waals surface area contributed by atoms with E-state index in [2.05, 4.69) is 10.6 Å². The van der Waals surface area contributed by atoms with Gasteiger partial charge < -0.3 is 21.1 Å². The van der Waals surface area contributed by atoms with Crippen molar-refractivity contribution in [3.8, 4) is 0 Å². The summed E-state index contributed by atoms with van der Waals surface area (Å²) in [6, 6.07) is 8.00. The number of ether oxygens (including phenoxy) is 1. The van der Waals surface area contributed by atoms with E-state index >= 15 is 0 Å². The zero-order valence-corrected chi connectivity index (χ0v) is 20.9. The van der Waals surface area contributed by atoms with Crippen molar-refractivity contribution in [3.63, 3.8) is 0 Å². The van der Waals surface area contributed by atoms with Gasteiger partial charge in [0.25, 0.3) is 11.8 Å². The number of amides is 3. The summed E-state index contributed by atoms with van der Waals surface area (Å²) in [6.45, 7) is -0.814. The highest BCUT2D eigenvalue weighted by molar-refractivity contribution is 7.89. The van der Waals surface area contributed by atoms with Gasteiger partial charge in [-0.2, -0.15) is 0 Å². The fraction of sp³-hybridized carbons (Fsp3) is 0.238. The average Bonchev–Trinajstić information content (AvgIpc) is 2.78. The summed E-state index contributed by atoms with van der Waals surface area (Å²) in [4.78, 5) is 48.3. The van der Waals surface area contributed by atoms with Gasteiger partial charge >= 0.3 is 5.97 Å². The molecule has 14 heteroatoms. The highest BCUT2D eigenvalue weighted by atomic mass is 35.5. The molecule has 0 aromatic heterocycles. The van der Waals surface area contributed by atoms with Crippen molar-refractivity contribution >= 4 is 62.6 Å².